The Kier molecular flexibility index (Phi) is 18.7. The molecule has 4 aromatic carbocycles. The molecule has 2 aliphatic rings. The van der Waals surface area contributed by atoms with E-state index in [1.165, 1.54) is 48.5 Å². The van der Waals surface area contributed by atoms with E-state index in [-0.39, 0.29) is 73.1 Å². The first-order valence-corrected chi connectivity index (χ1v) is 23.4. The van der Waals surface area contributed by atoms with E-state index in [1.807, 2.05) is 23.6 Å². The Morgan fingerprint density at radius 3 is 1.36 bits per heavy atom. The van der Waals surface area contributed by atoms with E-state index < -0.39 is 36.6 Å². The van der Waals surface area contributed by atoms with Crippen LogP contribution in [0.2, 0.25) is 0 Å². The molecule has 0 radical (unpaired) electrons. The van der Waals surface area contributed by atoms with Crippen LogP contribution in [0.1, 0.15) is 66.6 Å². The number of aliphatic hydroxyl groups excluding tert-OH is 2. The third-order valence-corrected chi connectivity index (χ3v) is 11.9. The van der Waals surface area contributed by atoms with Gasteiger partial charge in [0.15, 0.2) is 0 Å². The van der Waals surface area contributed by atoms with Crippen molar-refractivity contribution in [2.75, 3.05) is 53.5 Å². The van der Waals surface area contributed by atoms with Crippen LogP contribution in [0.15, 0.2) is 109 Å². The topological polar surface area (TPSA) is 234 Å². The van der Waals surface area contributed by atoms with Crippen LogP contribution in [0, 0.1) is 0 Å². The second kappa shape index (κ2) is 24.8. The lowest BCUT2D eigenvalue weighted by molar-refractivity contribution is -0.275. The fraction of sp³-hybridized carbons (Fsp3) is 0.288. The summed E-state index contributed by atoms with van der Waals surface area (Å²) in [5.74, 6) is -5.57. The smallest absolute Gasteiger partial charge is 0.478 e. The number of benzene rings is 4. The molecule has 0 aliphatic carbocycles. The van der Waals surface area contributed by atoms with Crippen molar-refractivity contribution in [3.05, 3.63) is 132 Å². The number of rotatable bonds is 15. The lowest BCUT2D eigenvalue weighted by Crippen LogP contribution is -2.39. The average Bonchev–Trinajstić information content (AvgIpc) is 4.11. The molecule has 0 spiro atoms. The predicted octanol–water partition coefficient (Wildman–Crippen LogP) is 8.40. The van der Waals surface area contributed by atoms with Crippen molar-refractivity contribution in [2.24, 2.45) is 0 Å². The van der Waals surface area contributed by atoms with Crippen LogP contribution >= 0.6 is 0 Å². The largest absolute Gasteiger partial charge is 0.573 e. The Morgan fingerprint density at radius 1 is 0.615 bits per heavy atom. The summed E-state index contributed by atoms with van der Waals surface area (Å²) in [6.07, 6.45) is -14.1. The van der Waals surface area contributed by atoms with Crippen LogP contribution < -0.4 is 25.4 Å². The number of hydrogen-bond acceptors (Lipinski definition) is 10. The van der Waals surface area contributed by atoms with Crippen molar-refractivity contribution in [2.45, 2.75) is 43.8 Å². The maximum absolute atomic E-state index is 12.9. The molecule has 2 atom stereocenters. The third-order valence-electron chi connectivity index (χ3n) is 11.9. The van der Waals surface area contributed by atoms with E-state index in [1.54, 1.807) is 65.2 Å². The van der Waals surface area contributed by atoms with Gasteiger partial charge in [-0.2, -0.15) is 13.2 Å². The lowest BCUT2D eigenvalue weighted by atomic mass is 9.99. The number of nitrogens with zero attached hydrogens (tertiary/aromatic N) is 3. The number of halogens is 9. The molecule has 8 rings (SSSR count). The quantitative estimate of drug-likeness (QED) is 0.0481. The molecule has 4 heterocycles. The SMILES string of the molecule is CN(C)CCNC(=O)c1ccc(-c2c(-c3cccc(OC(F)(F)F)c3)cc3n2C(CCO)CNC3=O)cc1.O=C(O)C(F)(F)F.O=C(O)c1ccc(-c2c(-c3cccc(OC(F)(F)F)c3)cc3n2C(CCO)CNC3=O)cc1. The Balaban J connectivity index is 0.000000226. The zero-order valence-electron chi connectivity index (χ0n) is 41.1. The van der Waals surface area contributed by atoms with Crippen molar-refractivity contribution in [1.82, 2.24) is 30.0 Å². The molecular weight excluding hydrogens is 1060 g/mol. The summed E-state index contributed by atoms with van der Waals surface area (Å²) in [7, 11) is 3.82. The summed E-state index contributed by atoms with van der Waals surface area (Å²) in [6, 6.07) is 26.4. The summed E-state index contributed by atoms with van der Waals surface area (Å²) < 4.78 is 120. The van der Waals surface area contributed by atoms with Gasteiger partial charge in [-0.05, 0) is 110 Å². The molecule has 0 saturated heterocycles. The molecule has 7 N–H and O–H groups in total. The minimum Gasteiger partial charge on any atom is -0.478 e. The number of aliphatic carboxylic acids is 1. The van der Waals surface area contributed by atoms with Crippen LogP contribution in [0.3, 0.4) is 0 Å². The van der Waals surface area contributed by atoms with Crippen molar-refractivity contribution >= 4 is 29.7 Å². The number of amides is 3. The van der Waals surface area contributed by atoms with Gasteiger partial charge in [-0.1, -0.05) is 48.5 Å². The van der Waals surface area contributed by atoms with Crippen LogP contribution in [0.5, 0.6) is 11.5 Å². The third kappa shape index (κ3) is 15.0. The molecule has 416 valence electrons. The van der Waals surface area contributed by atoms with E-state index in [9.17, 15) is 74.0 Å². The molecule has 2 aromatic heterocycles. The fourth-order valence-corrected chi connectivity index (χ4v) is 8.50. The standard InChI is InChI=1S/C27H29F3N4O4.C23H19F3N2O5.C2HF3O2/c1-33(2)12-11-31-25(36)18-8-6-17(7-9-18)24-22(19-4-3-5-21(14-19)38-27(28,29)30)15-23-26(37)32-16-20(10-13-35)34(23)24;24-23(25,26)33-17-3-1-2-15(10-17)18-11-19-21(30)27-12-16(8-9-29)28(19)20(18)13-4-6-14(7-5-13)22(31)32;3-2(4,5)1(6)7/h3-9,14-15,20,35H,10-13,16H2,1-2H3,(H,31,36)(H,32,37);1-7,10-11,16,29H,8-9,12H2,(H,27,30)(H,31,32);(H,6,7). The highest BCUT2D eigenvalue weighted by atomic mass is 19.4. The van der Waals surface area contributed by atoms with Gasteiger partial charge in [-0.15, -0.1) is 26.3 Å². The summed E-state index contributed by atoms with van der Waals surface area (Å²) in [6.45, 7) is 1.47. The number of likely N-dealkylation sites (N-methyl/N-ethyl adjacent to an activating group) is 1. The zero-order valence-corrected chi connectivity index (χ0v) is 41.1. The Hall–Kier alpha value is -8.36. The number of carbonyl (C=O) groups is 5. The van der Waals surface area contributed by atoms with Gasteiger partial charge < -0.3 is 59.9 Å². The summed E-state index contributed by atoms with van der Waals surface area (Å²) in [5, 5.41) is 43.9. The highest BCUT2D eigenvalue weighted by Gasteiger charge is 2.39. The van der Waals surface area contributed by atoms with Gasteiger partial charge in [0.25, 0.3) is 17.7 Å². The molecule has 0 bridgehead atoms. The van der Waals surface area contributed by atoms with Crippen LogP contribution in [0.25, 0.3) is 44.8 Å². The second-order valence-electron chi connectivity index (χ2n) is 17.5. The molecule has 0 saturated carbocycles. The van der Waals surface area contributed by atoms with Crippen molar-refractivity contribution in [3.8, 4) is 56.3 Å². The predicted molar refractivity (Wildman–Crippen MR) is 262 cm³/mol. The first-order chi connectivity index (χ1) is 36.7. The number of fused-ring (bicyclic) bond motifs is 2. The van der Waals surface area contributed by atoms with Crippen molar-refractivity contribution in [1.29, 1.82) is 0 Å². The molecule has 26 heteroatoms. The Labute approximate surface area is 437 Å². The minimum absolute atomic E-state index is 0.0657. The zero-order chi connectivity index (χ0) is 57.3. The number of carbonyl (C=O) groups excluding carboxylic acids is 3. The molecule has 2 unspecified atom stereocenters. The van der Waals surface area contributed by atoms with Gasteiger partial charge >= 0.3 is 30.8 Å². The van der Waals surface area contributed by atoms with Gasteiger partial charge in [-0.25, -0.2) is 9.59 Å². The molecule has 78 heavy (non-hydrogen) atoms. The van der Waals surface area contributed by atoms with Crippen LogP contribution in [0.4, 0.5) is 39.5 Å². The van der Waals surface area contributed by atoms with Gasteiger partial charge in [0, 0.05) is 56.1 Å². The lowest BCUT2D eigenvalue weighted by Gasteiger charge is -2.28. The molecular formula is C52H49F9N6O11. The monoisotopic (exact) mass is 1100 g/mol. The number of hydrogen-bond donors (Lipinski definition) is 7. The van der Waals surface area contributed by atoms with Gasteiger partial charge in [0.05, 0.1) is 29.0 Å². The maximum atomic E-state index is 12.9. The maximum Gasteiger partial charge on any atom is 0.573 e. The van der Waals surface area contributed by atoms with Crippen molar-refractivity contribution in [3.63, 3.8) is 0 Å². The number of aromatic nitrogens is 2. The average molecular weight is 1100 g/mol. The number of alkyl halides is 9. The minimum atomic E-state index is -5.08. The first kappa shape index (κ1) is 58.9. The summed E-state index contributed by atoms with van der Waals surface area (Å²) >= 11 is 0. The fourth-order valence-electron chi connectivity index (χ4n) is 8.50. The van der Waals surface area contributed by atoms with Gasteiger partial charge in [-0.3, -0.25) is 14.4 Å². The number of nitrogens with one attached hydrogen (secondary N) is 3. The number of carboxylic acids is 2. The number of aliphatic hydroxyl groups is 2. The first-order valence-electron chi connectivity index (χ1n) is 23.4. The van der Waals surface area contributed by atoms with Crippen LogP contribution in [-0.2, 0) is 4.79 Å². The highest BCUT2D eigenvalue weighted by molar-refractivity contribution is 6.00. The van der Waals surface area contributed by atoms with E-state index in [4.69, 9.17) is 9.90 Å². The molecule has 2 aliphatic heterocycles. The summed E-state index contributed by atoms with van der Waals surface area (Å²) in [4.78, 5) is 60.1. The second-order valence-corrected chi connectivity index (χ2v) is 17.5. The van der Waals surface area contributed by atoms with E-state index in [0.29, 0.717) is 82.0 Å². The summed E-state index contributed by atoms with van der Waals surface area (Å²) in [5.41, 5.74) is 5.28. The normalized spacial score (nSPS) is 15.1. The van der Waals surface area contributed by atoms with Crippen molar-refractivity contribution < 1.29 is 93.4 Å². The Morgan fingerprint density at radius 2 is 1.01 bits per heavy atom. The van der Waals surface area contributed by atoms with E-state index in [2.05, 4.69) is 25.4 Å². The van der Waals surface area contributed by atoms with Gasteiger partial charge in [0.1, 0.15) is 22.9 Å². The number of carboxylic acid groups (broad SMARTS) is 2. The van der Waals surface area contributed by atoms with E-state index >= 15 is 0 Å². The van der Waals surface area contributed by atoms with E-state index in [0.717, 1.165) is 0 Å². The molecule has 0 fully saturated rings. The van der Waals surface area contributed by atoms with Gasteiger partial charge in [0.2, 0.25) is 0 Å². The number of aromatic carboxylic acids is 1. The molecule has 3 amide bonds. The molecule has 17 nitrogen and oxygen atoms in total. The Bertz CT molecular complexity index is 3120. The molecule has 6 aromatic rings. The number of ether oxygens (including phenoxy) is 2. The highest BCUT2D eigenvalue weighted by Crippen LogP contribution is 2.43. The van der Waals surface area contributed by atoms with Crippen LogP contribution in [-0.4, -0.2) is 137 Å².